The van der Waals surface area contributed by atoms with E-state index < -0.39 is 47.8 Å². The lowest BCUT2D eigenvalue weighted by Gasteiger charge is -2.28. The number of likely N-dealkylation sites (tertiary alicyclic amines) is 1. The van der Waals surface area contributed by atoms with Crippen molar-refractivity contribution >= 4 is 17.8 Å². The van der Waals surface area contributed by atoms with Gasteiger partial charge in [0.25, 0.3) is 0 Å². The Labute approximate surface area is 178 Å². The molecule has 0 spiro atoms. The average Bonchev–Trinajstić information content (AvgIpc) is 3.25. The highest BCUT2D eigenvalue weighted by Crippen LogP contribution is 2.48. The van der Waals surface area contributed by atoms with Crippen molar-refractivity contribution in [1.82, 2.24) is 10.2 Å². The van der Waals surface area contributed by atoms with Gasteiger partial charge < -0.3 is 14.9 Å². The van der Waals surface area contributed by atoms with Crippen LogP contribution >= 0.6 is 0 Å². The Bertz CT molecular complexity index is 1060. The molecular formula is C23H20N2O6. The number of amides is 2. The van der Waals surface area contributed by atoms with Gasteiger partial charge in [0, 0.05) is 6.04 Å². The van der Waals surface area contributed by atoms with Crippen LogP contribution in [0, 0.1) is 24.2 Å². The second-order valence-corrected chi connectivity index (χ2v) is 7.51. The first-order valence-corrected chi connectivity index (χ1v) is 9.66. The van der Waals surface area contributed by atoms with Crippen molar-refractivity contribution in [3.8, 4) is 23.8 Å². The number of carboxylic acids is 1. The minimum absolute atomic E-state index is 0.248. The lowest BCUT2D eigenvalue weighted by molar-refractivity contribution is -0.153. The van der Waals surface area contributed by atoms with E-state index in [0.717, 1.165) is 4.90 Å². The van der Waals surface area contributed by atoms with E-state index in [9.17, 15) is 24.6 Å². The number of terminal acetylenes is 1. The number of hydrogen-bond acceptors (Lipinski definition) is 6. The molecule has 2 aromatic carbocycles. The zero-order chi connectivity index (χ0) is 22.2. The number of imide groups is 1. The zero-order valence-corrected chi connectivity index (χ0v) is 16.4. The highest BCUT2D eigenvalue weighted by atomic mass is 16.5. The minimum atomic E-state index is -1.98. The predicted octanol–water partition coefficient (Wildman–Crippen LogP) is 1.17. The summed E-state index contributed by atoms with van der Waals surface area (Å²) >= 11 is 0. The maximum absolute atomic E-state index is 13.0. The summed E-state index contributed by atoms with van der Waals surface area (Å²) in [4.78, 5) is 38.8. The van der Waals surface area contributed by atoms with E-state index in [4.69, 9.17) is 11.2 Å². The molecule has 2 fully saturated rings. The lowest BCUT2D eigenvalue weighted by atomic mass is 9.79. The van der Waals surface area contributed by atoms with Crippen molar-refractivity contribution in [3.63, 3.8) is 0 Å². The lowest BCUT2D eigenvalue weighted by Crippen LogP contribution is -2.58. The van der Waals surface area contributed by atoms with Gasteiger partial charge in [0.15, 0.2) is 5.54 Å². The molecule has 0 radical (unpaired) electrons. The number of carbonyl (C=O) groups is 3. The fourth-order valence-corrected chi connectivity index (χ4v) is 4.37. The van der Waals surface area contributed by atoms with Crippen molar-refractivity contribution in [2.75, 3.05) is 13.2 Å². The molecule has 2 heterocycles. The van der Waals surface area contributed by atoms with Crippen LogP contribution in [-0.4, -0.2) is 51.6 Å². The van der Waals surface area contributed by atoms with Crippen LogP contribution in [0.3, 0.4) is 0 Å². The van der Waals surface area contributed by atoms with Crippen LogP contribution in [0.2, 0.25) is 0 Å². The highest BCUT2D eigenvalue weighted by Gasteiger charge is 2.68. The summed E-state index contributed by atoms with van der Waals surface area (Å²) in [6.07, 6.45) is 5.28. The quantitative estimate of drug-likeness (QED) is 0.475. The number of carbonyl (C=O) groups excluding carboxylic acids is 2. The molecule has 2 aliphatic rings. The van der Waals surface area contributed by atoms with E-state index in [1.54, 1.807) is 24.3 Å². The molecule has 2 amide bonds. The maximum atomic E-state index is 13.0. The Morgan fingerprint density at radius 2 is 1.74 bits per heavy atom. The Balaban J connectivity index is 1.68. The number of benzene rings is 2. The SMILES string of the molecule is C#CCN1C(=O)C2C(c3ccc(Oc4ccccc4)cc3)NC(CO)(C(=O)O)C2C1=O. The van der Waals surface area contributed by atoms with Crippen LogP contribution in [0.1, 0.15) is 11.6 Å². The Hall–Kier alpha value is -3.67. The second kappa shape index (κ2) is 7.87. The number of nitrogens with zero attached hydrogens (tertiary/aromatic N) is 1. The largest absolute Gasteiger partial charge is 0.480 e. The van der Waals surface area contributed by atoms with Crippen molar-refractivity contribution < 1.29 is 29.3 Å². The molecule has 3 N–H and O–H groups in total. The monoisotopic (exact) mass is 420 g/mol. The summed E-state index contributed by atoms with van der Waals surface area (Å²) in [5, 5.41) is 22.6. The average molecular weight is 420 g/mol. The van der Waals surface area contributed by atoms with Crippen molar-refractivity contribution in [1.29, 1.82) is 0 Å². The first-order chi connectivity index (χ1) is 14.9. The van der Waals surface area contributed by atoms with E-state index in [1.165, 1.54) is 0 Å². The number of rotatable bonds is 6. The Morgan fingerprint density at radius 1 is 1.10 bits per heavy atom. The molecule has 0 aromatic heterocycles. The molecule has 31 heavy (non-hydrogen) atoms. The van der Waals surface area contributed by atoms with Gasteiger partial charge in [-0.3, -0.25) is 24.6 Å². The maximum Gasteiger partial charge on any atom is 0.327 e. The first-order valence-electron chi connectivity index (χ1n) is 9.66. The van der Waals surface area contributed by atoms with Crippen LogP contribution in [-0.2, 0) is 14.4 Å². The van der Waals surface area contributed by atoms with E-state index in [2.05, 4.69) is 11.2 Å². The molecular weight excluding hydrogens is 400 g/mol. The number of ether oxygens (including phenoxy) is 1. The van der Waals surface area contributed by atoms with Gasteiger partial charge in [-0.2, -0.15) is 0 Å². The molecule has 4 atom stereocenters. The van der Waals surface area contributed by atoms with Gasteiger partial charge in [-0.25, -0.2) is 0 Å². The van der Waals surface area contributed by atoms with Crippen LogP contribution in [0.4, 0.5) is 0 Å². The van der Waals surface area contributed by atoms with Gasteiger partial charge in [0.2, 0.25) is 11.8 Å². The summed E-state index contributed by atoms with van der Waals surface area (Å²) in [6.45, 7) is -1.10. The number of aliphatic hydroxyl groups is 1. The topological polar surface area (TPSA) is 116 Å². The molecule has 0 saturated carbocycles. The summed E-state index contributed by atoms with van der Waals surface area (Å²) in [5.41, 5.74) is -1.39. The molecule has 4 unspecified atom stereocenters. The van der Waals surface area contributed by atoms with Gasteiger partial charge in [0.05, 0.1) is 25.0 Å². The van der Waals surface area contributed by atoms with Gasteiger partial charge in [-0.1, -0.05) is 36.3 Å². The minimum Gasteiger partial charge on any atom is -0.480 e. The fraction of sp³-hybridized carbons (Fsp3) is 0.261. The molecule has 8 heteroatoms. The normalized spacial score (nSPS) is 27.1. The highest BCUT2D eigenvalue weighted by molar-refractivity contribution is 6.09. The number of fused-ring (bicyclic) bond motifs is 1. The van der Waals surface area contributed by atoms with Crippen LogP contribution in [0.15, 0.2) is 54.6 Å². The number of hydrogen-bond donors (Lipinski definition) is 3. The van der Waals surface area contributed by atoms with Gasteiger partial charge >= 0.3 is 5.97 Å². The predicted molar refractivity (Wildman–Crippen MR) is 109 cm³/mol. The number of nitrogens with one attached hydrogen (secondary N) is 1. The third-order valence-electron chi connectivity index (χ3n) is 5.84. The third-order valence-corrected chi connectivity index (χ3v) is 5.84. The molecule has 0 bridgehead atoms. The van der Waals surface area contributed by atoms with Crippen LogP contribution in [0.5, 0.6) is 11.5 Å². The van der Waals surface area contributed by atoms with E-state index in [0.29, 0.717) is 17.1 Å². The zero-order valence-electron chi connectivity index (χ0n) is 16.4. The molecule has 2 aromatic rings. The number of aliphatic hydroxyl groups excluding tert-OH is 1. The Kier molecular flexibility index (Phi) is 5.23. The first kappa shape index (κ1) is 20.6. The van der Waals surface area contributed by atoms with Gasteiger partial charge in [-0.15, -0.1) is 6.42 Å². The van der Waals surface area contributed by atoms with Gasteiger partial charge in [0.1, 0.15) is 11.5 Å². The van der Waals surface area contributed by atoms with E-state index in [-0.39, 0.29) is 6.54 Å². The molecule has 158 valence electrons. The smallest absolute Gasteiger partial charge is 0.327 e. The summed E-state index contributed by atoms with van der Waals surface area (Å²) in [6, 6.07) is 15.2. The van der Waals surface area contributed by atoms with Crippen molar-refractivity contribution in [2.24, 2.45) is 11.8 Å². The Morgan fingerprint density at radius 3 is 2.32 bits per heavy atom. The second-order valence-electron chi connectivity index (χ2n) is 7.51. The van der Waals surface area contributed by atoms with Crippen LogP contribution in [0.25, 0.3) is 0 Å². The molecule has 4 rings (SSSR count). The summed E-state index contributed by atoms with van der Waals surface area (Å²) in [7, 11) is 0. The standard InChI is InChI=1S/C23H20N2O6/c1-2-12-25-20(27)17-18(21(25)28)23(13-26,22(29)30)24-19(17)14-8-10-16(11-9-14)31-15-6-4-3-5-7-15/h1,3-11,17-19,24,26H,12-13H2,(H,29,30). The van der Waals surface area contributed by atoms with E-state index >= 15 is 0 Å². The summed E-state index contributed by atoms with van der Waals surface area (Å²) < 4.78 is 5.76. The third kappa shape index (κ3) is 3.24. The number of aliphatic carboxylic acids is 1. The number of para-hydroxylation sites is 1. The number of carboxylic acid groups (broad SMARTS) is 1. The summed E-state index contributed by atoms with van der Waals surface area (Å²) in [5.74, 6) is -1.44. The van der Waals surface area contributed by atoms with Crippen molar-refractivity contribution in [2.45, 2.75) is 11.6 Å². The molecule has 0 aliphatic carbocycles. The van der Waals surface area contributed by atoms with Crippen LogP contribution < -0.4 is 10.1 Å². The van der Waals surface area contributed by atoms with Gasteiger partial charge in [-0.05, 0) is 29.8 Å². The van der Waals surface area contributed by atoms with E-state index in [1.807, 2.05) is 30.3 Å². The molecule has 8 nitrogen and oxygen atoms in total. The van der Waals surface area contributed by atoms with Crippen molar-refractivity contribution in [3.05, 3.63) is 60.2 Å². The molecule has 2 saturated heterocycles. The molecule has 2 aliphatic heterocycles. The fourth-order valence-electron chi connectivity index (χ4n) is 4.37.